The fourth-order valence-corrected chi connectivity index (χ4v) is 1.78. The first-order chi connectivity index (χ1) is 8.62. The third-order valence-electron chi connectivity index (χ3n) is 3.26. The highest BCUT2D eigenvalue weighted by Crippen LogP contribution is 2.26. The quantitative estimate of drug-likeness (QED) is 0.808. The van der Waals surface area contributed by atoms with Crippen LogP contribution in [0.5, 0.6) is 5.75 Å². The van der Waals surface area contributed by atoms with E-state index in [1.165, 1.54) is 0 Å². The van der Waals surface area contributed by atoms with Gasteiger partial charge in [-0.05, 0) is 37.5 Å². The molecule has 0 saturated carbocycles. The van der Waals surface area contributed by atoms with Crippen LogP contribution in [0, 0.1) is 0 Å². The molecule has 0 spiro atoms. The minimum atomic E-state index is -0.0455. The van der Waals surface area contributed by atoms with Crippen LogP contribution in [0.25, 0.3) is 0 Å². The normalized spacial score (nSPS) is 16.1. The molecular weight excluding hydrogens is 226 g/mol. The maximum absolute atomic E-state index is 6.17. The Morgan fingerprint density at radius 3 is 2.17 bits per heavy atom. The van der Waals surface area contributed by atoms with E-state index in [4.69, 9.17) is 15.2 Å². The SMILES string of the molecule is CCC(C)OC(c1ccc(OC)cc1)C(N)CC. The summed E-state index contributed by atoms with van der Waals surface area (Å²) in [5.74, 6) is 0.853. The number of hydrogen-bond acceptors (Lipinski definition) is 3. The van der Waals surface area contributed by atoms with Gasteiger partial charge in [-0.15, -0.1) is 0 Å². The van der Waals surface area contributed by atoms with Crippen LogP contribution in [0.4, 0.5) is 0 Å². The van der Waals surface area contributed by atoms with Gasteiger partial charge >= 0.3 is 0 Å². The molecule has 0 aliphatic carbocycles. The van der Waals surface area contributed by atoms with E-state index in [1.807, 2.05) is 24.3 Å². The minimum Gasteiger partial charge on any atom is -0.497 e. The lowest BCUT2D eigenvalue weighted by Crippen LogP contribution is -2.31. The van der Waals surface area contributed by atoms with Crippen LogP contribution in [0.1, 0.15) is 45.3 Å². The Labute approximate surface area is 110 Å². The highest BCUT2D eigenvalue weighted by atomic mass is 16.5. The Bertz CT molecular complexity index is 337. The summed E-state index contributed by atoms with van der Waals surface area (Å²) in [5, 5.41) is 0. The molecule has 18 heavy (non-hydrogen) atoms. The average Bonchev–Trinajstić information content (AvgIpc) is 2.43. The predicted octanol–water partition coefficient (Wildman–Crippen LogP) is 3.29. The molecule has 1 rings (SSSR count). The summed E-state index contributed by atoms with van der Waals surface area (Å²) >= 11 is 0. The van der Waals surface area contributed by atoms with E-state index in [1.54, 1.807) is 7.11 Å². The largest absolute Gasteiger partial charge is 0.497 e. The van der Waals surface area contributed by atoms with Crippen LogP contribution < -0.4 is 10.5 Å². The molecule has 1 aromatic carbocycles. The molecule has 3 atom stereocenters. The highest BCUT2D eigenvalue weighted by molar-refractivity contribution is 5.29. The number of ether oxygens (including phenoxy) is 2. The van der Waals surface area contributed by atoms with E-state index in [0.717, 1.165) is 24.2 Å². The number of benzene rings is 1. The van der Waals surface area contributed by atoms with E-state index in [0.29, 0.717) is 0 Å². The zero-order chi connectivity index (χ0) is 13.5. The Morgan fingerprint density at radius 2 is 1.72 bits per heavy atom. The van der Waals surface area contributed by atoms with Crippen molar-refractivity contribution >= 4 is 0 Å². The molecule has 0 fully saturated rings. The summed E-state index contributed by atoms with van der Waals surface area (Å²) in [7, 11) is 1.67. The van der Waals surface area contributed by atoms with Crippen molar-refractivity contribution in [3.8, 4) is 5.75 Å². The summed E-state index contributed by atoms with van der Waals surface area (Å²) in [4.78, 5) is 0. The minimum absolute atomic E-state index is 0.0207. The van der Waals surface area contributed by atoms with Crippen molar-refractivity contribution < 1.29 is 9.47 Å². The molecule has 1 aromatic rings. The number of nitrogens with two attached hydrogens (primary N) is 1. The lowest BCUT2D eigenvalue weighted by atomic mass is 10.0. The summed E-state index contributed by atoms with van der Waals surface area (Å²) in [6.07, 6.45) is 2.06. The van der Waals surface area contributed by atoms with Crippen molar-refractivity contribution in [2.24, 2.45) is 5.73 Å². The van der Waals surface area contributed by atoms with Crippen molar-refractivity contribution in [2.45, 2.75) is 51.9 Å². The maximum atomic E-state index is 6.17. The zero-order valence-electron chi connectivity index (χ0n) is 11.8. The van der Waals surface area contributed by atoms with Gasteiger partial charge in [0.25, 0.3) is 0 Å². The smallest absolute Gasteiger partial charge is 0.118 e. The molecule has 0 amide bonds. The van der Waals surface area contributed by atoms with Gasteiger partial charge in [0.2, 0.25) is 0 Å². The van der Waals surface area contributed by atoms with Crippen molar-refractivity contribution in [3.63, 3.8) is 0 Å². The van der Waals surface area contributed by atoms with Crippen LogP contribution >= 0.6 is 0 Å². The molecule has 0 heterocycles. The van der Waals surface area contributed by atoms with Crippen LogP contribution in [-0.2, 0) is 4.74 Å². The van der Waals surface area contributed by atoms with Crippen LogP contribution in [0.2, 0.25) is 0 Å². The topological polar surface area (TPSA) is 44.5 Å². The Hall–Kier alpha value is -1.06. The Balaban J connectivity index is 2.86. The zero-order valence-corrected chi connectivity index (χ0v) is 11.8. The predicted molar refractivity (Wildman–Crippen MR) is 74.8 cm³/mol. The molecule has 2 N–H and O–H groups in total. The molecular formula is C15H25NO2. The molecule has 0 radical (unpaired) electrons. The molecule has 0 bridgehead atoms. The van der Waals surface area contributed by atoms with E-state index in [-0.39, 0.29) is 18.2 Å². The van der Waals surface area contributed by atoms with E-state index < -0.39 is 0 Å². The molecule has 0 aromatic heterocycles. The number of methoxy groups -OCH3 is 1. The first kappa shape index (κ1) is 15.0. The van der Waals surface area contributed by atoms with E-state index in [2.05, 4.69) is 20.8 Å². The second-order valence-corrected chi connectivity index (χ2v) is 4.62. The Kier molecular flexibility index (Phi) is 6.16. The summed E-state index contributed by atoms with van der Waals surface area (Å²) in [6.45, 7) is 6.29. The molecule has 3 nitrogen and oxygen atoms in total. The van der Waals surface area contributed by atoms with Crippen molar-refractivity contribution in [2.75, 3.05) is 7.11 Å². The Morgan fingerprint density at radius 1 is 1.11 bits per heavy atom. The molecule has 3 heteroatoms. The standard InChI is InChI=1S/C15H25NO2/c1-5-11(3)18-15(14(16)6-2)12-7-9-13(17-4)10-8-12/h7-11,14-15H,5-6,16H2,1-4H3. The van der Waals surface area contributed by atoms with Gasteiger partial charge in [-0.3, -0.25) is 0 Å². The van der Waals surface area contributed by atoms with Gasteiger partial charge in [0, 0.05) is 6.04 Å². The monoisotopic (exact) mass is 251 g/mol. The third-order valence-corrected chi connectivity index (χ3v) is 3.26. The van der Waals surface area contributed by atoms with Gasteiger partial charge in [0.1, 0.15) is 5.75 Å². The fraction of sp³-hybridized carbons (Fsp3) is 0.600. The number of hydrogen-bond donors (Lipinski definition) is 1. The highest BCUT2D eigenvalue weighted by Gasteiger charge is 2.21. The van der Waals surface area contributed by atoms with Crippen molar-refractivity contribution in [1.29, 1.82) is 0 Å². The lowest BCUT2D eigenvalue weighted by Gasteiger charge is -2.27. The fourth-order valence-electron chi connectivity index (χ4n) is 1.78. The van der Waals surface area contributed by atoms with Gasteiger partial charge in [0.05, 0.1) is 19.3 Å². The van der Waals surface area contributed by atoms with Crippen LogP contribution in [-0.4, -0.2) is 19.3 Å². The summed E-state index contributed by atoms with van der Waals surface area (Å²) < 4.78 is 11.2. The van der Waals surface area contributed by atoms with Gasteiger partial charge in [-0.25, -0.2) is 0 Å². The summed E-state index contributed by atoms with van der Waals surface area (Å²) in [6, 6.07) is 7.98. The van der Waals surface area contributed by atoms with Gasteiger partial charge in [-0.2, -0.15) is 0 Å². The molecule has 0 saturated heterocycles. The van der Waals surface area contributed by atoms with Crippen LogP contribution in [0.3, 0.4) is 0 Å². The van der Waals surface area contributed by atoms with Crippen molar-refractivity contribution in [1.82, 2.24) is 0 Å². The molecule has 102 valence electrons. The average molecular weight is 251 g/mol. The molecule has 3 unspecified atom stereocenters. The van der Waals surface area contributed by atoms with Gasteiger partial charge in [0.15, 0.2) is 0 Å². The first-order valence-corrected chi connectivity index (χ1v) is 6.67. The van der Waals surface area contributed by atoms with E-state index >= 15 is 0 Å². The second kappa shape index (κ2) is 7.39. The lowest BCUT2D eigenvalue weighted by molar-refractivity contribution is -0.0197. The molecule has 0 aliphatic heterocycles. The summed E-state index contributed by atoms with van der Waals surface area (Å²) in [5.41, 5.74) is 7.28. The van der Waals surface area contributed by atoms with Crippen molar-refractivity contribution in [3.05, 3.63) is 29.8 Å². The first-order valence-electron chi connectivity index (χ1n) is 6.67. The van der Waals surface area contributed by atoms with Crippen LogP contribution in [0.15, 0.2) is 24.3 Å². The third kappa shape index (κ3) is 4.00. The molecule has 0 aliphatic rings. The van der Waals surface area contributed by atoms with Gasteiger partial charge < -0.3 is 15.2 Å². The number of rotatable bonds is 7. The maximum Gasteiger partial charge on any atom is 0.118 e. The second-order valence-electron chi connectivity index (χ2n) is 4.62. The van der Waals surface area contributed by atoms with Gasteiger partial charge in [-0.1, -0.05) is 26.0 Å². The van der Waals surface area contributed by atoms with E-state index in [9.17, 15) is 0 Å².